The molecule has 4 rings (SSSR count). The largest absolute Gasteiger partial charge is 0.335 e. The maximum atomic E-state index is 12.9. The van der Waals surface area contributed by atoms with E-state index in [9.17, 15) is 4.79 Å². The van der Waals surface area contributed by atoms with E-state index in [2.05, 4.69) is 40.3 Å². The first-order valence-corrected chi connectivity index (χ1v) is 11.0. The average Bonchev–Trinajstić information content (AvgIpc) is 3.29. The second kappa shape index (κ2) is 7.60. The number of nitrogens with zero attached hydrogens (tertiary/aromatic N) is 2. The Morgan fingerprint density at radius 2 is 2.12 bits per heavy atom. The van der Waals surface area contributed by atoms with Gasteiger partial charge in [0.15, 0.2) is 0 Å². The molecule has 134 valence electrons. The third-order valence-corrected chi connectivity index (χ3v) is 7.62. The van der Waals surface area contributed by atoms with Crippen molar-refractivity contribution in [3.8, 4) is 0 Å². The molecule has 0 unspecified atom stereocenters. The van der Waals surface area contributed by atoms with E-state index >= 15 is 0 Å². The topological polar surface area (TPSA) is 23.6 Å². The van der Waals surface area contributed by atoms with Gasteiger partial charge in [0.2, 0.25) is 0 Å². The molecular weight excluding hydrogens is 348 g/mol. The Bertz CT molecular complexity index is 714. The minimum atomic E-state index is 0.255. The van der Waals surface area contributed by atoms with Gasteiger partial charge in [0.1, 0.15) is 0 Å². The van der Waals surface area contributed by atoms with Crippen LogP contribution in [0.4, 0.5) is 0 Å². The van der Waals surface area contributed by atoms with Gasteiger partial charge in [-0.25, -0.2) is 0 Å². The average molecular weight is 375 g/mol. The van der Waals surface area contributed by atoms with E-state index in [0.717, 1.165) is 62.8 Å². The van der Waals surface area contributed by atoms with Gasteiger partial charge in [-0.3, -0.25) is 9.69 Å². The van der Waals surface area contributed by atoms with Crippen molar-refractivity contribution in [1.82, 2.24) is 9.80 Å². The molecular formula is C20H26N2OS2. The molecule has 1 aliphatic heterocycles. The van der Waals surface area contributed by atoms with Crippen LogP contribution in [0.25, 0.3) is 0 Å². The molecule has 0 saturated carbocycles. The minimum absolute atomic E-state index is 0.255. The van der Waals surface area contributed by atoms with E-state index in [1.807, 2.05) is 11.3 Å². The molecule has 0 spiro atoms. The fourth-order valence-electron chi connectivity index (χ4n) is 3.86. The van der Waals surface area contributed by atoms with Crippen LogP contribution in [0.5, 0.6) is 0 Å². The zero-order valence-electron chi connectivity index (χ0n) is 14.9. The van der Waals surface area contributed by atoms with Crippen LogP contribution < -0.4 is 0 Å². The second-order valence-electron chi connectivity index (χ2n) is 7.37. The normalized spacial score (nSPS) is 21.3. The van der Waals surface area contributed by atoms with Crippen molar-refractivity contribution in [1.29, 1.82) is 0 Å². The molecule has 5 heteroatoms. The first-order valence-electron chi connectivity index (χ1n) is 9.34. The van der Waals surface area contributed by atoms with E-state index < -0.39 is 0 Å². The van der Waals surface area contributed by atoms with Crippen molar-refractivity contribution in [3.63, 3.8) is 0 Å². The molecule has 1 saturated heterocycles. The SMILES string of the molecule is C[C@H]1CCc2sc(C(=O)N3CCN(CCc4cccs4)CC3)cc2C1. The van der Waals surface area contributed by atoms with E-state index in [1.54, 1.807) is 11.3 Å². The lowest BCUT2D eigenvalue weighted by Gasteiger charge is -2.34. The number of rotatable bonds is 4. The summed E-state index contributed by atoms with van der Waals surface area (Å²) in [5.74, 6) is 1.02. The van der Waals surface area contributed by atoms with Crippen LogP contribution in [-0.2, 0) is 19.3 Å². The van der Waals surface area contributed by atoms with Crippen LogP contribution in [0, 0.1) is 5.92 Å². The van der Waals surface area contributed by atoms with E-state index in [0.29, 0.717) is 0 Å². The van der Waals surface area contributed by atoms with Crippen LogP contribution in [0.3, 0.4) is 0 Å². The standard InChI is InChI=1S/C20H26N2OS2/c1-15-4-5-18-16(13-15)14-19(25-18)20(23)22-10-8-21(9-11-22)7-6-17-3-2-12-24-17/h2-3,12,14-15H,4-11,13H2,1H3/t15-/m0/s1. The van der Waals surface area contributed by atoms with Gasteiger partial charge in [0.25, 0.3) is 5.91 Å². The Morgan fingerprint density at radius 3 is 2.88 bits per heavy atom. The summed E-state index contributed by atoms with van der Waals surface area (Å²) in [4.78, 5) is 21.3. The summed E-state index contributed by atoms with van der Waals surface area (Å²) < 4.78 is 0. The van der Waals surface area contributed by atoms with Gasteiger partial charge in [-0.1, -0.05) is 13.0 Å². The van der Waals surface area contributed by atoms with E-state index in [1.165, 1.54) is 21.7 Å². The molecule has 1 amide bonds. The molecule has 2 aromatic heterocycles. The minimum Gasteiger partial charge on any atom is -0.335 e. The third kappa shape index (κ3) is 3.99. The lowest BCUT2D eigenvalue weighted by molar-refractivity contribution is 0.0643. The molecule has 1 aliphatic carbocycles. The summed E-state index contributed by atoms with van der Waals surface area (Å²) in [6.45, 7) is 7.15. The number of amides is 1. The summed E-state index contributed by atoms with van der Waals surface area (Å²) in [6.07, 6.45) is 4.70. The molecule has 3 heterocycles. The quantitative estimate of drug-likeness (QED) is 0.809. The number of aryl methyl sites for hydroxylation is 1. The molecule has 1 atom stereocenters. The van der Waals surface area contributed by atoms with Crippen molar-refractivity contribution < 1.29 is 4.79 Å². The Labute approximate surface area is 158 Å². The van der Waals surface area contributed by atoms with Crippen LogP contribution >= 0.6 is 22.7 Å². The summed E-state index contributed by atoms with van der Waals surface area (Å²) in [5.41, 5.74) is 1.43. The van der Waals surface area contributed by atoms with Gasteiger partial charge in [0, 0.05) is 42.5 Å². The maximum absolute atomic E-state index is 12.9. The highest BCUT2D eigenvalue weighted by Crippen LogP contribution is 2.32. The zero-order chi connectivity index (χ0) is 17.2. The zero-order valence-corrected chi connectivity index (χ0v) is 16.5. The van der Waals surface area contributed by atoms with E-state index in [4.69, 9.17) is 0 Å². The predicted octanol–water partition coefficient (Wildman–Crippen LogP) is 3.93. The molecule has 0 aromatic carbocycles. The molecule has 1 fully saturated rings. The monoisotopic (exact) mass is 374 g/mol. The summed E-state index contributed by atoms with van der Waals surface area (Å²) in [7, 11) is 0. The summed E-state index contributed by atoms with van der Waals surface area (Å²) in [5, 5.41) is 2.15. The number of piperazine rings is 1. The van der Waals surface area contributed by atoms with Gasteiger partial charge < -0.3 is 4.90 Å². The lowest BCUT2D eigenvalue weighted by atomic mass is 9.90. The Kier molecular flexibility index (Phi) is 5.25. The number of hydrogen-bond donors (Lipinski definition) is 0. The van der Waals surface area contributed by atoms with Gasteiger partial charge >= 0.3 is 0 Å². The summed E-state index contributed by atoms with van der Waals surface area (Å²) >= 11 is 3.58. The smallest absolute Gasteiger partial charge is 0.264 e. The number of fused-ring (bicyclic) bond motifs is 1. The number of thiophene rings is 2. The molecule has 2 aliphatic rings. The highest BCUT2D eigenvalue weighted by molar-refractivity contribution is 7.14. The van der Waals surface area contributed by atoms with Crippen molar-refractivity contribution >= 4 is 28.6 Å². The highest BCUT2D eigenvalue weighted by Gasteiger charge is 2.26. The lowest BCUT2D eigenvalue weighted by Crippen LogP contribution is -2.48. The maximum Gasteiger partial charge on any atom is 0.264 e. The van der Waals surface area contributed by atoms with Crippen molar-refractivity contribution in [2.45, 2.75) is 32.6 Å². The molecule has 2 aromatic rings. The number of carbonyl (C=O) groups is 1. The first kappa shape index (κ1) is 17.3. The van der Waals surface area contributed by atoms with E-state index in [-0.39, 0.29) is 5.91 Å². The third-order valence-electron chi connectivity index (χ3n) is 5.45. The van der Waals surface area contributed by atoms with Gasteiger partial charge in [-0.15, -0.1) is 22.7 Å². The van der Waals surface area contributed by atoms with Crippen LogP contribution in [0.1, 0.15) is 38.3 Å². The van der Waals surface area contributed by atoms with Crippen molar-refractivity contribution in [3.05, 3.63) is 43.8 Å². The molecule has 25 heavy (non-hydrogen) atoms. The summed E-state index contributed by atoms with van der Waals surface area (Å²) in [6, 6.07) is 6.52. The van der Waals surface area contributed by atoms with Gasteiger partial charge in [-0.05, 0) is 54.7 Å². The van der Waals surface area contributed by atoms with Crippen LogP contribution in [0.15, 0.2) is 23.6 Å². The number of carbonyl (C=O) groups excluding carboxylic acids is 1. The Morgan fingerprint density at radius 1 is 1.28 bits per heavy atom. The van der Waals surface area contributed by atoms with Crippen molar-refractivity contribution in [2.75, 3.05) is 32.7 Å². The second-order valence-corrected chi connectivity index (χ2v) is 9.54. The van der Waals surface area contributed by atoms with Crippen LogP contribution in [-0.4, -0.2) is 48.4 Å². The van der Waals surface area contributed by atoms with Gasteiger partial charge in [0.05, 0.1) is 4.88 Å². The Balaban J connectivity index is 1.31. The van der Waals surface area contributed by atoms with Gasteiger partial charge in [-0.2, -0.15) is 0 Å². The number of hydrogen-bond acceptors (Lipinski definition) is 4. The highest BCUT2D eigenvalue weighted by atomic mass is 32.1. The van der Waals surface area contributed by atoms with Crippen molar-refractivity contribution in [2.24, 2.45) is 5.92 Å². The molecule has 3 nitrogen and oxygen atoms in total. The first-order chi connectivity index (χ1) is 12.2. The molecule has 0 N–H and O–H groups in total. The Hall–Kier alpha value is -1.17. The fraction of sp³-hybridized carbons (Fsp3) is 0.550. The predicted molar refractivity (Wildman–Crippen MR) is 106 cm³/mol. The van der Waals surface area contributed by atoms with Crippen LogP contribution in [0.2, 0.25) is 0 Å². The fourth-order valence-corrected chi connectivity index (χ4v) is 5.74. The molecule has 0 bridgehead atoms. The molecule has 0 radical (unpaired) electrons.